The second kappa shape index (κ2) is 10.6. The van der Waals surface area contributed by atoms with Crippen molar-refractivity contribution >= 4 is 17.3 Å². The number of anilines is 1. The average molecular weight is 622 g/mol. The fourth-order valence-electron chi connectivity index (χ4n) is 9.51. The molecule has 0 radical (unpaired) electrons. The number of carbonyl (C=O) groups excluding carboxylic acids is 2. The molecule has 0 bridgehead atoms. The van der Waals surface area contributed by atoms with E-state index in [0.29, 0.717) is 30.5 Å². The highest BCUT2D eigenvalue weighted by atomic mass is 19.1. The van der Waals surface area contributed by atoms with Crippen LogP contribution in [0, 0.1) is 40.2 Å². The number of hydrogen-bond acceptors (Lipinski definition) is 8. The van der Waals surface area contributed by atoms with Crippen LogP contribution in [0.25, 0.3) is 0 Å². The van der Waals surface area contributed by atoms with E-state index in [1.807, 2.05) is 19.9 Å². The topological polar surface area (TPSA) is 128 Å². The van der Waals surface area contributed by atoms with Crippen LogP contribution >= 0.6 is 0 Å². The van der Waals surface area contributed by atoms with Crippen LogP contribution in [0.15, 0.2) is 60.2 Å². The molecule has 0 unspecified atom stereocenters. The van der Waals surface area contributed by atoms with Crippen LogP contribution in [-0.4, -0.2) is 46.2 Å². The summed E-state index contributed by atoms with van der Waals surface area (Å²) in [6.07, 6.45) is 3.60. The summed E-state index contributed by atoms with van der Waals surface area (Å²) < 4.78 is 49.6. The number of nitrogens with two attached hydrogens (primary N) is 1. The lowest BCUT2D eigenvalue weighted by atomic mass is 9.46. The Balaban J connectivity index is 1.22. The van der Waals surface area contributed by atoms with Crippen LogP contribution in [0.3, 0.4) is 0 Å². The molecule has 7 rings (SSSR count). The zero-order valence-corrected chi connectivity index (χ0v) is 25.2. The van der Waals surface area contributed by atoms with Crippen molar-refractivity contribution in [2.24, 2.45) is 28.6 Å². The summed E-state index contributed by atoms with van der Waals surface area (Å²) in [6, 6.07) is 9.19. The van der Waals surface area contributed by atoms with Crippen molar-refractivity contribution in [1.29, 1.82) is 0 Å². The predicted molar refractivity (Wildman–Crippen MR) is 158 cm³/mol. The van der Waals surface area contributed by atoms with Crippen molar-refractivity contribution < 1.29 is 42.8 Å². The first-order valence-corrected chi connectivity index (χ1v) is 15.5. The van der Waals surface area contributed by atoms with Crippen molar-refractivity contribution in [3.8, 4) is 5.75 Å². The molecule has 1 saturated heterocycles. The van der Waals surface area contributed by atoms with E-state index in [4.69, 9.17) is 19.9 Å². The molecule has 2 aromatic rings. The Labute approximate surface area is 259 Å². The largest absolute Gasteiger partial charge is 0.486 e. The number of halogens is 2. The normalized spacial score (nSPS) is 38.2. The first-order chi connectivity index (χ1) is 21.4. The van der Waals surface area contributed by atoms with Gasteiger partial charge in [-0.2, -0.15) is 0 Å². The highest BCUT2D eigenvalue weighted by Crippen LogP contribution is 2.70. The molecule has 5 aliphatic rings. The van der Waals surface area contributed by atoms with Crippen LogP contribution in [0.5, 0.6) is 5.75 Å². The summed E-state index contributed by atoms with van der Waals surface area (Å²) >= 11 is 0. The number of fused-ring (bicyclic) bond motifs is 7. The van der Waals surface area contributed by atoms with E-state index in [-0.39, 0.29) is 42.3 Å². The average Bonchev–Trinajstić information content (AvgIpc) is 3.50. The number of carbonyl (C=O) groups is 2. The summed E-state index contributed by atoms with van der Waals surface area (Å²) in [5, 5.41) is 22.0. The Morgan fingerprint density at radius 2 is 1.96 bits per heavy atom. The van der Waals surface area contributed by atoms with Gasteiger partial charge in [0.25, 0.3) is 0 Å². The second-order valence-electron chi connectivity index (χ2n) is 13.6. The summed E-state index contributed by atoms with van der Waals surface area (Å²) in [5.41, 5.74) is 4.26. The SMILES string of the molecule is C[C@]12C=CC(=O)C=C1CC[C@@H]1[C@@H]2[C@@H](O)C[C@@]2(C)[C@H]1C[C@H]1O[C@@H](c3c(F)ccc(OCc4ccccc4N)c3F)O[C@]12C(=O)CO. The van der Waals surface area contributed by atoms with Crippen molar-refractivity contribution in [2.75, 3.05) is 12.3 Å². The Morgan fingerprint density at radius 1 is 1.18 bits per heavy atom. The third-order valence-corrected chi connectivity index (χ3v) is 11.6. The van der Waals surface area contributed by atoms with Crippen LogP contribution in [0.4, 0.5) is 14.5 Å². The van der Waals surface area contributed by atoms with Gasteiger partial charge in [-0.3, -0.25) is 9.59 Å². The highest BCUT2D eigenvalue weighted by Gasteiger charge is 2.76. The quantitative estimate of drug-likeness (QED) is 0.395. The minimum atomic E-state index is -1.74. The third-order valence-electron chi connectivity index (χ3n) is 11.6. The maximum Gasteiger partial charge on any atom is 0.193 e. The maximum atomic E-state index is 15.9. The number of allylic oxidation sites excluding steroid dienone is 4. The smallest absolute Gasteiger partial charge is 0.193 e. The van der Waals surface area contributed by atoms with Crippen LogP contribution in [0.2, 0.25) is 0 Å². The van der Waals surface area contributed by atoms with Gasteiger partial charge in [0.15, 0.2) is 35.0 Å². The van der Waals surface area contributed by atoms with Crippen molar-refractivity contribution in [3.05, 3.63) is 83.0 Å². The highest BCUT2D eigenvalue weighted by molar-refractivity contribution is 6.01. The zero-order valence-electron chi connectivity index (χ0n) is 25.2. The lowest BCUT2D eigenvalue weighted by Gasteiger charge is -2.59. The molecule has 0 spiro atoms. The Bertz CT molecular complexity index is 1640. The molecule has 0 amide bonds. The number of aliphatic hydroxyl groups excluding tert-OH is 2. The molecule has 0 aromatic heterocycles. The van der Waals surface area contributed by atoms with Crippen molar-refractivity contribution in [1.82, 2.24) is 0 Å². The molecule has 45 heavy (non-hydrogen) atoms. The first kappa shape index (κ1) is 30.2. The van der Waals surface area contributed by atoms with E-state index in [1.54, 1.807) is 36.4 Å². The fourth-order valence-corrected chi connectivity index (χ4v) is 9.51. The van der Waals surface area contributed by atoms with Gasteiger partial charge in [-0.25, -0.2) is 8.78 Å². The second-order valence-corrected chi connectivity index (χ2v) is 13.6. The number of para-hydroxylation sites is 1. The summed E-state index contributed by atoms with van der Waals surface area (Å²) in [7, 11) is 0. The Hall–Kier alpha value is -3.44. The molecule has 3 saturated carbocycles. The first-order valence-electron chi connectivity index (χ1n) is 15.5. The van der Waals surface area contributed by atoms with E-state index < -0.39 is 64.5 Å². The summed E-state index contributed by atoms with van der Waals surface area (Å²) in [4.78, 5) is 25.9. The number of aliphatic hydroxyl groups is 2. The van der Waals surface area contributed by atoms with Gasteiger partial charge in [0, 0.05) is 28.0 Å². The van der Waals surface area contributed by atoms with Gasteiger partial charge in [-0.1, -0.05) is 43.7 Å². The molecule has 238 valence electrons. The lowest BCUT2D eigenvalue weighted by Crippen LogP contribution is -2.63. The monoisotopic (exact) mass is 621 g/mol. The minimum Gasteiger partial charge on any atom is -0.486 e. The molecular formula is C35H37F2NO7. The van der Waals surface area contributed by atoms with Crippen LogP contribution in [-0.2, 0) is 25.7 Å². The number of ether oxygens (including phenoxy) is 3. The van der Waals surface area contributed by atoms with Crippen molar-refractivity contribution in [2.45, 2.75) is 70.2 Å². The number of hydrogen-bond donors (Lipinski definition) is 3. The van der Waals surface area contributed by atoms with E-state index >= 15 is 8.78 Å². The molecule has 4 N–H and O–H groups in total. The number of Topliss-reactive ketones (excluding diaryl/α,β-unsaturated/α-hetero) is 1. The van der Waals surface area contributed by atoms with E-state index in [9.17, 15) is 19.8 Å². The number of ketones is 2. The van der Waals surface area contributed by atoms with Gasteiger partial charge in [0.1, 0.15) is 19.0 Å². The van der Waals surface area contributed by atoms with Gasteiger partial charge in [-0.15, -0.1) is 0 Å². The minimum absolute atomic E-state index is 0.0472. The van der Waals surface area contributed by atoms with Gasteiger partial charge >= 0.3 is 0 Å². The number of nitrogen functional groups attached to an aromatic ring is 1. The molecule has 4 fully saturated rings. The van der Waals surface area contributed by atoms with Gasteiger partial charge < -0.3 is 30.2 Å². The molecule has 4 aliphatic carbocycles. The molecule has 2 aromatic carbocycles. The lowest BCUT2D eigenvalue weighted by molar-refractivity contribution is -0.201. The fraction of sp³-hybridized carbons (Fsp3) is 0.486. The summed E-state index contributed by atoms with van der Waals surface area (Å²) in [5.74, 6) is -3.32. The van der Waals surface area contributed by atoms with Gasteiger partial charge in [-0.05, 0) is 67.9 Å². The van der Waals surface area contributed by atoms with Crippen LogP contribution < -0.4 is 10.5 Å². The Kier molecular flexibility index (Phi) is 7.09. The molecule has 1 heterocycles. The standard InChI is InChI=1S/C35H37F2NO7/c1-33-12-11-20(40)13-19(33)7-8-21-22-14-28-35(27(42)16-39,34(22,2)15-25(41)30(21)33)45-32(44-28)29-23(36)9-10-26(31(29)37)43-17-18-5-3-4-6-24(18)38/h3-6,9-13,21-22,25,28,30,32,39,41H,7-8,14-17,38H2,1-2H3/t21-,22-,25-,28+,30+,32+,33-,34-,35+/m0/s1. The zero-order chi connectivity index (χ0) is 31.9. The number of rotatable bonds is 6. The van der Waals surface area contributed by atoms with Gasteiger partial charge in [0.05, 0.1) is 17.8 Å². The summed E-state index contributed by atoms with van der Waals surface area (Å²) in [6.45, 7) is 2.99. The molecule has 10 heteroatoms. The Morgan fingerprint density at radius 3 is 2.71 bits per heavy atom. The van der Waals surface area contributed by atoms with Crippen LogP contribution in [0.1, 0.15) is 56.9 Å². The van der Waals surface area contributed by atoms with E-state index in [2.05, 4.69) is 0 Å². The van der Waals surface area contributed by atoms with E-state index in [1.165, 1.54) is 6.07 Å². The molecular weight excluding hydrogens is 584 g/mol. The number of benzene rings is 2. The van der Waals surface area contributed by atoms with Gasteiger partial charge in [0.2, 0.25) is 0 Å². The van der Waals surface area contributed by atoms with E-state index in [0.717, 1.165) is 11.6 Å². The molecule has 9 atom stereocenters. The third kappa shape index (κ3) is 4.22. The predicted octanol–water partition coefficient (Wildman–Crippen LogP) is 4.73. The maximum absolute atomic E-state index is 15.9. The van der Waals surface area contributed by atoms with Crippen molar-refractivity contribution in [3.63, 3.8) is 0 Å². The molecule has 8 nitrogen and oxygen atoms in total. The molecule has 1 aliphatic heterocycles.